The van der Waals surface area contributed by atoms with E-state index in [1.807, 2.05) is 6.08 Å². The van der Waals surface area contributed by atoms with Crippen molar-refractivity contribution < 1.29 is 17.7 Å². The van der Waals surface area contributed by atoms with Crippen molar-refractivity contribution in [2.24, 2.45) is 0 Å². The normalized spacial score (nSPS) is 41.7. The Balaban J connectivity index is 2.28. The Morgan fingerprint density at radius 3 is 2.45 bits per heavy atom. The van der Waals surface area contributed by atoms with E-state index in [9.17, 15) is 8.42 Å². The molecule has 11 heavy (non-hydrogen) atoms. The van der Waals surface area contributed by atoms with Crippen LogP contribution in [-0.2, 0) is 14.9 Å². The molecule has 0 unspecified atom stereocenters. The van der Waals surface area contributed by atoms with E-state index >= 15 is 0 Å². The van der Waals surface area contributed by atoms with E-state index in [2.05, 4.69) is 0 Å². The number of fused-ring (bicyclic) bond motifs is 2. The van der Waals surface area contributed by atoms with Gasteiger partial charge in [0.25, 0.3) is 10.1 Å². The summed E-state index contributed by atoms with van der Waals surface area (Å²) in [4.78, 5) is 0. The third kappa shape index (κ3) is 1.09. The highest BCUT2D eigenvalue weighted by atomic mass is 32.2. The molecule has 0 aliphatic carbocycles. The number of ether oxygens (including phenoxy) is 1. The lowest BCUT2D eigenvalue weighted by Gasteiger charge is -2.10. The molecule has 1 saturated heterocycles. The molecule has 0 aromatic carbocycles. The molecule has 0 radical (unpaired) electrons. The van der Waals surface area contributed by atoms with Crippen LogP contribution in [0.3, 0.4) is 0 Å². The summed E-state index contributed by atoms with van der Waals surface area (Å²) in [6.45, 7) is 0. The second-order valence-corrected chi connectivity index (χ2v) is 4.45. The molecule has 0 spiro atoms. The van der Waals surface area contributed by atoms with Crippen LogP contribution in [0, 0.1) is 0 Å². The van der Waals surface area contributed by atoms with Gasteiger partial charge in [-0.15, -0.1) is 0 Å². The van der Waals surface area contributed by atoms with Crippen molar-refractivity contribution in [3.05, 3.63) is 12.2 Å². The fraction of sp³-hybridized carbons (Fsp3) is 0.667. The van der Waals surface area contributed by atoms with Crippen molar-refractivity contribution in [1.82, 2.24) is 0 Å². The third-order valence-corrected chi connectivity index (χ3v) is 3.29. The minimum Gasteiger partial charge on any atom is -0.365 e. The molecule has 0 aromatic rings. The van der Waals surface area contributed by atoms with E-state index in [0.717, 1.165) is 0 Å². The van der Waals surface area contributed by atoms with Gasteiger partial charge in [0, 0.05) is 0 Å². The first-order valence-corrected chi connectivity index (χ1v) is 4.88. The van der Waals surface area contributed by atoms with Crippen molar-refractivity contribution >= 4 is 10.1 Å². The summed E-state index contributed by atoms with van der Waals surface area (Å²) in [5.74, 6) is 0. The first kappa shape index (κ1) is 7.27. The highest BCUT2D eigenvalue weighted by molar-refractivity contribution is 7.86. The van der Waals surface area contributed by atoms with Gasteiger partial charge in [0.1, 0.15) is 5.25 Å². The summed E-state index contributed by atoms with van der Waals surface area (Å²) in [6.07, 6.45) is 3.38. The molecule has 1 N–H and O–H groups in total. The monoisotopic (exact) mass is 176 g/mol. The standard InChI is InChI=1S/C6H8O4S/c7-11(8,9)6-3-4-1-2-5(6)10-4/h1-2,4-6H,3H2,(H,7,8,9)/t4-,5+,6-/m0/s1. The lowest BCUT2D eigenvalue weighted by Crippen LogP contribution is -2.28. The first-order chi connectivity index (χ1) is 5.07. The lowest BCUT2D eigenvalue weighted by molar-refractivity contribution is 0.120. The van der Waals surface area contributed by atoms with Crippen LogP contribution in [0.15, 0.2) is 12.2 Å². The minimum absolute atomic E-state index is 0.105. The van der Waals surface area contributed by atoms with E-state index in [4.69, 9.17) is 9.29 Å². The van der Waals surface area contributed by atoms with Gasteiger partial charge in [0.05, 0.1) is 12.2 Å². The van der Waals surface area contributed by atoms with Gasteiger partial charge in [-0.3, -0.25) is 4.55 Å². The molecule has 4 nitrogen and oxygen atoms in total. The Morgan fingerprint density at radius 1 is 1.45 bits per heavy atom. The van der Waals surface area contributed by atoms with E-state index in [0.29, 0.717) is 6.42 Å². The summed E-state index contributed by atoms with van der Waals surface area (Å²) in [5, 5.41) is -0.738. The Kier molecular flexibility index (Phi) is 1.36. The van der Waals surface area contributed by atoms with Crippen LogP contribution in [0.4, 0.5) is 0 Å². The summed E-state index contributed by atoms with van der Waals surface area (Å²) in [5.41, 5.74) is 0. The molecule has 3 atom stereocenters. The fourth-order valence-corrected chi connectivity index (χ4v) is 2.45. The predicted molar refractivity (Wildman–Crippen MR) is 37.8 cm³/mol. The quantitative estimate of drug-likeness (QED) is 0.450. The minimum atomic E-state index is -3.91. The Hall–Kier alpha value is -0.390. The molecule has 62 valence electrons. The molecular weight excluding hydrogens is 168 g/mol. The van der Waals surface area contributed by atoms with Crippen molar-refractivity contribution in [3.63, 3.8) is 0 Å². The summed E-state index contributed by atoms with van der Waals surface area (Å²) >= 11 is 0. The summed E-state index contributed by atoms with van der Waals surface area (Å²) in [6, 6.07) is 0. The van der Waals surface area contributed by atoms with Gasteiger partial charge in [-0.25, -0.2) is 0 Å². The topological polar surface area (TPSA) is 63.6 Å². The lowest BCUT2D eigenvalue weighted by atomic mass is 10.1. The van der Waals surface area contributed by atoms with Crippen molar-refractivity contribution in [3.8, 4) is 0 Å². The SMILES string of the molecule is O=S(=O)(O)[C@H]1C[C@@H]2C=C[C@H]1O2. The van der Waals surface area contributed by atoms with E-state index in [1.165, 1.54) is 0 Å². The molecular formula is C6H8O4S. The molecule has 2 rings (SSSR count). The second kappa shape index (κ2) is 2.06. The van der Waals surface area contributed by atoms with Crippen LogP contribution in [0.5, 0.6) is 0 Å². The summed E-state index contributed by atoms with van der Waals surface area (Å²) in [7, 11) is -3.91. The fourth-order valence-electron chi connectivity index (χ4n) is 1.53. The first-order valence-electron chi connectivity index (χ1n) is 3.37. The second-order valence-electron chi connectivity index (χ2n) is 2.81. The maximum absolute atomic E-state index is 10.7. The van der Waals surface area contributed by atoms with Crippen LogP contribution < -0.4 is 0 Å². The highest BCUT2D eigenvalue weighted by Crippen LogP contribution is 2.32. The van der Waals surface area contributed by atoms with E-state index < -0.39 is 21.5 Å². The summed E-state index contributed by atoms with van der Waals surface area (Å²) < 4.78 is 35.2. The Bertz CT molecular complexity index is 292. The zero-order valence-corrected chi connectivity index (χ0v) is 6.49. The smallest absolute Gasteiger partial charge is 0.270 e. The maximum Gasteiger partial charge on any atom is 0.270 e. The molecule has 1 fully saturated rings. The van der Waals surface area contributed by atoms with Gasteiger partial charge >= 0.3 is 0 Å². The van der Waals surface area contributed by atoms with Gasteiger partial charge in [0.2, 0.25) is 0 Å². The number of rotatable bonds is 1. The largest absolute Gasteiger partial charge is 0.365 e. The molecule has 0 aromatic heterocycles. The van der Waals surface area contributed by atoms with Crippen LogP contribution in [-0.4, -0.2) is 30.4 Å². The van der Waals surface area contributed by atoms with Crippen molar-refractivity contribution in [2.75, 3.05) is 0 Å². The van der Waals surface area contributed by atoms with Gasteiger partial charge in [0.15, 0.2) is 0 Å². The predicted octanol–water partition coefficient (Wildman–Crippen LogP) is -0.0299. The third-order valence-electron chi connectivity index (χ3n) is 2.06. The van der Waals surface area contributed by atoms with Gasteiger partial charge < -0.3 is 4.74 Å². The van der Waals surface area contributed by atoms with Crippen molar-refractivity contribution in [1.29, 1.82) is 0 Å². The zero-order chi connectivity index (χ0) is 8.06. The van der Waals surface area contributed by atoms with Gasteiger partial charge in [-0.1, -0.05) is 12.2 Å². The molecule has 2 heterocycles. The zero-order valence-electron chi connectivity index (χ0n) is 5.67. The van der Waals surface area contributed by atoms with Crippen LogP contribution in [0.25, 0.3) is 0 Å². The molecule has 0 saturated carbocycles. The van der Waals surface area contributed by atoms with Crippen LogP contribution in [0.2, 0.25) is 0 Å². The van der Waals surface area contributed by atoms with Crippen molar-refractivity contribution in [2.45, 2.75) is 23.9 Å². The van der Waals surface area contributed by atoms with Gasteiger partial charge in [-0.05, 0) is 6.42 Å². The molecule has 2 bridgehead atoms. The molecule has 2 aliphatic rings. The Labute approximate surface area is 64.6 Å². The number of hydrogen-bond donors (Lipinski definition) is 1. The molecule has 5 heteroatoms. The Morgan fingerprint density at radius 2 is 2.18 bits per heavy atom. The van der Waals surface area contributed by atoms with Gasteiger partial charge in [-0.2, -0.15) is 8.42 Å². The van der Waals surface area contributed by atoms with E-state index in [-0.39, 0.29) is 6.10 Å². The average molecular weight is 176 g/mol. The average Bonchev–Trinajstić information content (AvgIpc) is 2.42. The highest BCUT2D eigenvalue weighted by Gasteiger charge is 2.43. The molecule has 0 amide bonds. The maximum atomic E-state index is 10.7. The number of hydrogen-bond acceptors (Lipinski definition) is 3. The van der Waals surface area contributed by atoms with Crippen LogP contribution in [0.1, 0.15) is 6.42 Å². The van der Waals surface area contributed by atoms with E-state index in [1.54, 1.807) is 6.08 Å². The molecule has 2 aliphatic heterocycles. The van der Waals surface area contributed by atoms with Crippen LogP contribution >= 0.6 is 0 Å².